The molecule has 0 saturated carbocycles. The van der Waals surface area contributed by atoms with Gasteiger partial charge in [0.25, 0.3) is 0 Å². The van der Waals surface area contributed by atoms with Gasteiger partial charge in [-0.15, -0.1) is 0 Å². The number of aliphatic carboxylic acids is 1. The van der Waals surface area contributed by atoms with Gasteiger partial charge < -0.3 is 9.90 Å². The van der Waals surface area contributed by atoms with E-state index in [0.29, 0.717) is 17.1 Å². The first-order chi connectivity index (χ1) is 11.0. The molecule has 0 bridgehead atoms. The molecular formula is C18H16ClKN2O2. The van der Waals surface area contributed by atoms with Crippen molar-refractivity contribution in [2.45, 2.75) is 26.8 Å². The number of carbonyl (C=O) groups is 1. The predicted molar refractivity (Wildman–Crippen MR) is 88.5 cm³/mol. The molecule has 3 rings (SSSR count). The topological polar surface area (TPSA) is 58.0 Å². The number of rotatable bonds is 4. The van der Waals surface area contributed by atoms with E-state index in [1.165, 1.54) is 0 Å². The molecule has 0 spiro atoms. The molecule has 4 nitrogen and oxygen atoms in total. The molecule has 3 aromatic rings. The summed E-state index contributed by atoms with van der Waals surface area (Å²) in [5, 5.41) is 17.1. The van der Waals surface area contributed by atoms with Crippen molar-refractivity contribution in [3.63, 3.8) is 0 Å². The molecule has 0 aliphatic carbocycles. The normalized spacial score (nSPS) is 10.6. The summed E-state index contributed by atoms with van der Waals surface area (Å²) in [7, 11) is 0. The molecule has 1 aromatic heterocycles. The van der Waals surface area contributed by atoms with Gasteiger partial charge in [-0.1, -0.05) is 35.9 Å². The third-order valence-corrected chi connectivity index (χ3v) is 4.36. The molecule has 0 aliphatic heterocycles. The summed E-state index contributed by atoms with van der Waals surface area (Å²) in [5.41, 5.74) is 4.63. The Labute approximate surface area is 188 Å². The van der Waals surface area contributed by atoms with Crippen LogP contribution in [0.15, 0.2) is 36.4 Å². The predicted octanol–water partition coefficient (Wildman–Crippen LogP) is -0.349. The van der Waals surface area contributed by atoms with Crippen LogP contribution < -0.4 is 56.5 Å². The number of carbonyl (C=O) groups excluding carboxylic acids is 1. The van der Waals surface area contributed by atoms with E-state index in [0.717, 1.165) is 27.7 Å². The summed E-state index contributed by atoms with van der Waals surface area (Å²) >= 11 is 6.31. The summed E-state index contributed by atoms with van der Waals surface area (Å²) in [6.07, 6.45) is -0.106. The zero-order valence-electron chi connectivity index (χ0n) is 14.0. The van der Waals surface area contributed by atoms with E-state index in [1.807, 2.05) is 48.9 Å². The quantitative estimate of drug-likeness (QED) is 0.593. The zero-order valence-corrected chi connectivity index (χ0v) is 17.8. The Morgan fingerprint density at radius 1 is 1.25 bits per heavy atom. The number of carboxylic acids is 1. The second kappa shape index (κ2) is 8.12. The van der Waals surface area contributed by atoms with E-state index in [-0.39, 0.29) is 57.8 Å². The molecule has 0 saturated heterocycles. The van der Waals surface area contributed by atoms with Crippen LogP contribution in [0.4, 0.5) is 0 Å². The van der Waals surface area contributed by atoms with Gasteiger partial charge in [-0.05, 0) is 42.7 Å². The third kappa shape index (κ3) is 4.10. The van der Waals surface area contributed by atoms with Crippen LogP contribution in [-0.2, 0) is 17.8 Å². The Hall–Kier alpha value is -0.694. The third-order valence-electron chi connectivity index (χ3n) is 4.01. The van der Waals surface area contributed by atoms with Gasteiger partial charge in [0.2, 0.25) is 0 Å². The first-order valence-electron chi connectivity index (χ1n) is 7.35. The molecule has 0 amide bonds. The summed E-state index contributed by atoms with van der Waals surface area (Å²) < 4.78 is 1.87. The number of hydrogen-bond donors (Lipinski definition) is 0. The summed E-state index contributed by atoms with van der Waals surface area (Å²) in [6, 6.07) is 11.4. The van der Waals surface area contributed by atoms with Crippen LogP contribution in [-0.4, -0.2) is 15.7 Å². The molecule has 0 atom stereocenters. The minimum atomic E-state index is -1.09. The molecule has 0 N–H and O–H groups in total. The maximum absolute atomic E-state index is 10.8. The second-order valence-electron chi connectivity index (χ2n) is 5.68. The number of nitrogens with zero attached hydrogens (tertiary/aromatic N) is 2. The van der Waals surface area contributed by atoms with Gasteiger partial charge in [0.05, 0.1) is 17.8 Å². The Kier molecular flexibility index (Phi) is 6.64. The van der Waals surface area contributed by atoms with Crippen molar-refractivity contribution in [3.8, 4) is 0 Å². The monoisotopic (exact) mass is 366 g/mol. The van der Waals surface area contributed by atoms with Crippen molar-refractivity contribution in [2.24, 2.45) is 0 Å². The van der Waals surface area contributed by atoms with Crippen molar-refractivity contribution < 1.29 is 61.3 Å². The molecule has 24 heavy (non-hydrogen) atoms. The van der Waals surface area contributed by atoms with E-state index < -0.39 is 5.97 Å². The van der Waals surface area contributed by atoms with Crippen molar-refractivity contribution in [1.82, 2.24) is 9.78 Å². The van der Waals surface area contributed by atoms with E-state index >= 15 is 0 Å². The zero-order chi connectivity index (χ0) is 16.6. The molecule has 1 heterocycles. The van der Waals surface area contributed by atoms with Crippen molar-refractivity contribution in [2.75, 3.05) is 0 Å². The number of carboxylic acid groups (broad SMARTS) is 1. The number of hydrogen-bond acceptors (Lipinski definition) is 3. The number of aromatic nitrogens is 2. The van der Waals surface area contributed by atoms with Crippen molar-refractivity contribution >= 4 is 28.5 Å². The van der Waals surface area contributed by atoms with Crippen molar-refractivity contribution in [3.05, 3.63) is 63.8 Å². The Balaban J connectivity index is 0.00000208. The van der Waals surface area contributed by atoms with Crippen LogP contribution in [0.25, 0.3) is 10.9 Å². The first-order valence-corrected chi connectivity index (χ1v) is 7.73. The van der Waals surface area contributed by atoms with E-state index in [9.17, 15) is 9.90 Å². The number of fused-ring (bicyclic) bond motifs is 1. The summed E-state index contributed by atoms with van der Waals surface area (Å²) in [4.78, 5) is 10.8. The number of benzene rings is 2. The van der Waals surface area contributed by atoms with Gasteiger partial charge in [0.1, 0.15) is 0 Å². The fourth-order valence-corrected chi connectivity index (χ4v) is 3.08. The van der Waals surface area contributed by atoms with Crippen LogP contribution in [0.1, 0.15) is 22.4 Å². The molecule has 0 fully saturated rings. The van der Waals surface area contributed by atoms with Gasteiger partial charge >= 0.3 is 51.4 Å². The van der Waals surface area contributed by atoms with Crippen LogP contribution in [0.2, 0.25) is 5.02 Å². The number of halogens is 1. The van der Waals surface area contributed by atoms with Gasteiger partial charge in [-0.3, -0.25) is 4.68 Å². The SMILES string of the molecule is Cc1cccc(Cl)c1Cn1nc(C)c2ccc(CC(=O)[O-])cc21.[K+]. The Morgan fingerprint density at radius 2 is 2.00 bits per heavy atom. The molecule has 118 valence electrons. The van der Waals surface area contributed by atoms with Gasteiger partial charge in [-0.2, -0.15) is 5.10 Å². The Bertz CT molecular complexity index is 885. The molecule has 0 radical (unpaired) electrons. The average molecular weight is 367 g/mol. The van der Waals surface area contributed by atoms with E-state index in [2.05, 4.69) is 5.10 Å². The molecule has 2 aromatic carbocycles. The van der Waals surface area contributed by atoms with Crippen molar-refractivity contribution in [1.29, 1.82) is 0 Å². The average Bonchev–Trinajstić information content (AvgIpc) is 2.78. The maximum atomic E-state index is 10.8. The van der Waals surface area contributed by atoms with Gasteiger partial charge in [-0.25, -0.2) is 0 Å². The Morgan fingerprint density at radius 3 is 2.67 bits per heavy atom. The first kappa shape index (κ1) is 19.6. The molecule has 6 heteroatoms. The second-order valence-corrected chi connectivity index (χ2v) is 6.09. The van der Waals surface area contributed by atoms with E-state index in [1.54, 1.807) is 6.07 Å². The molecular weight excluding hydrogens is 351 g/mol. The minimum absolute atomic E-state index is 0. The summed E-state index contributed by atoms with van der Waals surface area (Å²) in [6.45, 7) is 4.50. The standard InChI is InChI=1S/C18H17ClN2O2.K/c1-11-4-3-5-16(19)15(11)10-21-17-8-13(9-18(22)23)6-7-14(17)12(2)20-21;/h3-8H,9-10H2,1-2H3,(H,22,23);/q;+1/p-1. The molecule has 0 aliphatic rings. The van der Waals surface area contributed by atoms with Crippen LogP contribution in [0.5, 0.6) is 0 Å². The number of aryl methyl sites for hydroxylation is 2. The molecule has 0 unspecified atom stereocenters. The summed E-state index contributed by atoms with van der Waals surface area (Å²) in [5.74, 6) is -1.09. The largest absolute Gasteiger partial charge is 1.00 e. The van der Waals surface area contributed by atoms with Gasteiger partial charge in [0, 0.05) is 22.8 Å². The fourth-order valence-electron chi connectivity index (χ4n) is 2.80. The van der Waals surface area contributed by atoms with Crippen LogP contribution in [0, 0.1) is 13.8 Å². The maximum Gasteiger partial charge on any atom is 1.00 e. The smallest absolute Gasteiger partial charge is 0.550 e. The van der Waals surface area contributed by atoms with Crippen LogP contribution >= 0.6 is 11.6 Å². The van der Waals surface area contributed by atoms with Crippen LogP contribution in [0.3, 0.4) is 0 Å². The minimum Gasteiger partial charge on any atom is -0.550 e. The van der Waals surface area contributed by atoms with Gasteiger partial charge in [0.15, 0.2) is 0 Å². The fraction of sp³-hybridized carbons (Fsp3) is 0.222. The van der Waals surface area contributed by atoms with E-state index in [4.69, 9.17) is 11.6 Å².